The van der Waals surface area contributed by atoms with Crippen LogP contribution in [0.25, 0.3) is 0 Å². The van der Waals surface area contributed by atoms with Crippen LogP contribution < -0.4 is 5.73 Å². The van der Waals surface area contributed by atoms with E-state index in [2.05, 4.69) is 13.8 Å². The molecule has 0 radical (unpaired) electrons. The summed E-state index contributed by atoms with van der Waals surface area (Å²) >= 11 is 0. The highest BCUT2D eigenvalue weighted by atomic mass is 19.1. The molecule has 1 nitrogen and oxygen atoms in total. The molecule has 0 aliphatic heterocycles. The lowest BCUT2D eigenvalue weighted by Crippen LogP contribution is -2.44. The summed E-state index contributed by atoms with van der Waals surface area (Å²) in [6, 6.07) is 6.81. The number of benzene rings is 1. The maximum Gasteiger partial charge on any atom is 0.126 e. The zero-order valence-electron chi connectivity index (χ0n) is 9.05. The molecule has 0 bridgehead atoms. The van der Waals surface area contributed by atoms with Gasteiger partial charge in [-0.2, -0.15) is 0 Å². The van der Waals surface area contributed by atoms with Gasteiger partial charge in [-0.05, 0) is 30.9 Å². The maximum absolute atomic E-state index is 13.3. The fraction of sp³-hybridized carbons (Fsp3) is 0.500. The molecule has 1 aromatic rings. The van der Waals surface area contributed by atoms with Crippen LogP contribution in [-0.2, 0) is 6.42 Å². The van der Waals surface area contributed by atoms with Gasteiger partial charge in [0.2, 0.25) is 0 Å². The molecule has 2 N–H and O–H groups in total. The van der Waals surface area contributed by atoms with Crippen LogP contribution >= 0.6 is 0 Å². The summed E-state index contributed by atoms with van der Waals surface area (Å²) < 4.78 is 13.3. The SMILES string of the molecule is CC(C)C(C)(N)Cc1ccccc1F. The molecule has 78 valence electrons. The van der Waals surface area contributed by atoms with E-state index in [-0.39, 0.29) is 11.4 Å². The smallest absolute Gasteiger partial charge is 0.126 e. The van der Waals surface area contributed by atoms with E-state index in [1.165, 1.54) is 6.07 Å². The van der Waals surface area contributed by atoms with E-state index in [0.29, 0.717) is 17.9 Å². The topological polar surface area (TPSA) is 26.0 Å². The second-order valence-electron chi connectivity index (χ2n) is 4.43. The zero-order chi connectivity index (χ0) is 10.8. The second kappa shape index (κ2) is 4.09. The highest BCUT2D eigenvalue weighted by molar-refractivity contribution is 5.19. The molecule has 0 aliphatic carbocycles. The molecule has 0 amide bonds. The minimum Gasteiger partial charge on any atom is -0.325 e. The molecule has 0 heterocycles. The molecule has 0 saturated heterocycles. The van der Waals surface area contributed by atoms with Crippen LogP contribution in [0.15, 0.2) is 24.3 Å². The Balaban J connectivity index is 2.84. The third kappa shape index (κ3) is 2.55. The summed E-state index contributed by atoms with van der Waals surface area (Å²) in [7, 11) is 0. The summed E-state index contributed by atoms with van der Waals surface area (Å²) in [5.41, 5.74) is 6.45. The molecule has 0 aromatic heterocycles. The fourth-order valence-corrected chi connectivity index (χ4v) is 1.26. The first kappa shape index (κ1) is 11.2. The quantitative estimate of drug-likeness (QED) is 0.788. The van der Waals surface area contributed by atoms with Gasteiger partial charge in [0.25, 0.3) is 0 Å². The molecular weight excluding hydrogens is 177 g/mol. The van der Waals surface area contributed by atoms with Crippen molar-refractivity contribution >= 4 is 0 Å². The molecule has 2 heteroatoms. The van der Waals surface area contributed by atoms with Gasteiger partial charge >= 0.3 is 0 Å². The van der Waals surface area contributed by atoms with Crippen molar-refractivity contribution in [2.24, 2.45) is 11.7 Å². The van der Waals surface area contributed by atoms with E-state index in [0.717, 1.165) is 0 Å². The highest BCUT2D eigenvalue weighted by Crippen LogP contribution is 2.20. The molecule has 0 saturated carbocycles. The summed E-state index contributed by atoms with van der Waals surface area (Å²) in [5, 5.41) is 0. The molecule has 1 atom stereocenters. The fourth-order valence-electron chi connectivity index (χ4n) is 1.26. The standard InChI is InChI=1S/C12H18FN/c1-9(2)12(3,14)8-10-6-4-5-7-11(10)13/h4-7,9H,8,14H2,1-3H3. The van der Waals surface area contributed by atoms with E-state index >= 15 is 0 Å². The van der Waals surface area contributed by atoms with Gasteiger partial charge in [-0.25, -0.2) is 4.39 Å². The average molecular weight is 195 g/mol. The van der Waals surface area contributed by atoms with Crippen molar-refractivity contribution < 1.29 is 4.39 Å². The van der Waals surface area contributed by atoms with Gasteiger partial charge in [-0.15, -0.1) is 0 Å². The van der Waals surface area contributed by atoms with Crippen molar-refractivity contribution in [3.05, 3.63) is 35.6 Å². The van der Waals surface area contributed by atoms with Gasteiger partial charge < -0.3 is 5.73 Å². The maximum atomic E-state index is 13.3. The molecule has 14 heavy (non-hydrogen) atoms. The van der Waals surface area contributed by atoms with Gasteiger partial charge in [0, 0.05) is 5.54 Å². The lowest BCUT2D eigenvalue weighted by atomic mass is 9.83. The van der Waals surface area contributed by atoms with E-state index in [9.17, 15) is 4.39 Å². The first-order valence-electron chi connectivity index (χ1n) is 4.96. The first-order chi connectivity index (χ1) is 6.43. The summed E-state index contributed by atoms with van der Waals surface area (Å²) in [6.45, 7) is 6.08. The Morgan fingerprint density at radius 1 is 1.36 bits per heavy atom. The van der Waals surface area contributed by atoms with Crippen LogP contribution in [0.1, 0.15) is 26.3 Å². The molecule has 1 unspecified atom stereocenters. The number of rotatable bonds is 3. The van der Waals surface area contributed by atoms with Gasteiger partial charge in [0.15, 0.2) is 0 Å². The Labute approximate surface area is 85.1 Å². The average Bonchev–Trinajstić information content (AvgIpc) is 2.08. The zero-order valence-corrected chi connectivity index (χ0v) is 9.05. The van der Waals surface area contributed by atoms with Gasteiger partial charge in [0.1, 0.15) is 5.82 Å². The molecule has 0 fully saturated rings. The van der Waals surface area contributed by atoms with Crippen molar-refractivity contribution in [2.45, 2.75) is 32.7 Å². The Bertz CT molecular complexity index is 305. The molecular formula is C12H18FN. The monoisotopic (exact) mass is 195 g/mol. The Morgan fingerprint density at radius 3 is 2.43 bits per heavy atom. The lowest BCUT2D eigenvalue weighted by Gasteiger charge is -2.29. The Hall–Kier alpha value is -0.890. The summed E-state index contributed by atoms with van der Waals surface area (Å²) in [5.74, 6) is 0.173. The third-order valence-electron chi connectivity index (χ3n) is 2.85. The first-order valence-corrected chi connectivity index (χ1v) is 4.96. The van der Waals surface area contributed by atoms with Crippen LogP contribution in [0.5, 0.6) is 0 Å². The van der Waals surface area contributed by atoms with Crippen molar-refractivity contribution in [3.63, 3.8) is 0 Å². The predicted octanol–water partition coefficient (Wildman–Crippen LogP) is 2.74. The molecule has 1 rings (SSSR count). The normalized spacial score (nSPS) is 15.6. The minimum atomic E-state index is -0.345. The second-order valence-corrected chi connectivity index (χ2v) is 4.43. The number of halogens is 1. The van der Waals surface area contributed by atoms with E-state index in [1.54, 1.807) is 12.1 Å². The van der Waals surface area contributed by atoms with Crippen molar-refractivity contribution in [1.82, 2.24) is 0 Å². The Kier molecular flexibility index (Phi) is 3.27. The lowest BCUT2D eigenvalue weighted by molar-refractivity contribution is 0.333. The van der Waals surface area contributed by atoms with Crippen LogP contribution in [0.2, 0.25) is 0 Å². The number of nitrogens with two attached hydrogens (primary N) is 1. The predicted molar refractivity (Wildman–Crippen MR) is 57.5 cm³/mol. The largest absolute Gasteiger partial charge is 0.325 e. The number of hydrogen-bond acceptors (Lipinski definition) is 1. The number of hydrogen-bond donors (Lipinski definition) is 1. The third-order valence-corrected chi connectivity index (χ3v) is 2.85. The molecule has 1 aromatic carbocycles. The highest BCUT2D eigenvalue weighted by Gasteiger charge is 2.24. The van der Waals surface area contributed by atoms with Crippen LogP contribution in [-0.4, -0.2) is 5.54 Å². The van der Waals surface area contributed by atoms with Crippen LogP contribution in [0.4, 0.5) is 4.39 Å². The van der Waals surface area contributed by atoms with Crippen molar-refractivity contribution in [3.8, 4) is 0 Å². The summed E-state index contributed by atoms with van der Waals surface area (Å²) in [6.07, 6.45) is 0.581. The van der Waals surface area contributed by atoms with Crippen molar-refractivity contribution in [2.75, 3.05) is 0 Å². The summed E-state index contributed by atoms with van der Waals surface area (Å²) in [4.78, 5) is 0. The van der Waals surface area contributed by atoms with E-state index in [4.69, 9.17) is 5.73 Å². The Morgan fingerprint density at radius 2 is 1.93 bits per heavy atom. The molecule has 0 spiro atoms. The van der Waals surface area contributed by atoms with Crippen LogP contribution in [0, 0.1) is 11.7 Å². The van der Waals surface area contributed by atoms with Gasteiger partial charge in [0.05, 0.1) is 0 Å². The molecule has 0 aliphatic rings. The van der Waals surface area contributed by atoms with Gasteiger partial charge in [-0.3, -0.25) is 0 Å². The van der Waals surface area contributed by atoms with Crippen molar-refractivity contribution in [1.29, 1.82) is 0 Å². The minimum absolute atomic E-state index is 0.162. The van der Waals surface area contributed by atoms with E-state index < -0.39 is 0 Å². The van der Waals surface area contributed by atoms with Crippen LogP contribution in [0.3, 0.4) is 0 Å². The van der Waals surface area contributed by atoms with Gasteiger partial charge in [-0.1, -0.05) is 32.0 Å². The van der Waals surface area contributed by atoms with E-state index in [1.807, 2.05) is 13.0 Å².